The number of likely N-dealkylation sites (tertiary alicyclic amines) is 1. The number of nitrogens with zero attached hydrogens (tertiary/aromatic N) is 1. The molecule has 1 amide bonds. The van der Waals surface area contributed by atoms with E-state index in [1.54, 1.807) is 31.2 Å². The summed E-state index contributed by atoms with van der Waals surface area (Å²) in [6.45, 7) is 3.73. The Kier molecular flexibility index (Phi) is 4.95. The number of benzene rings is 1. The Morgan fingerprint density at radius 1 is 1.40 bits per heavy atom. The lowest BCUT2D eigenvalue weighted by molar-refractivity contribution is 0.0901. The van der Waals surface area contributed by atoms with Gasteiger partial charge in [-0.2, -0.15) is 0 Å². The number of carbonyl (C=O) groups is 1. The molecule has 0 aromatic heterocycles. The molecule has 4 nitrogen and oxygen atoms in total. The molecule has 0 bridgehead atoms. The number of amides is 1. The van der Waals surface area contributed by atoms with Crippen LogP contribution in [0.3, 0.4) is 0 Å². The number of nitrogen functional groups attached to an aromatic ring is 1. The molecule has 0 aliphatic carbocycles. The lowest BCUT2D eigenvalue weighted by Gasteiger charge is -2.32. The summed E-state index contributed by atoms with van der Waals surface area (Å²) in [5.41, 5.74) is 6.87. The second kappa shape index (κ2) is 6.70. The number of alkyl halides is 1. The summed E-state index contributed by atoms with van der Waals surface area (Å²) in [6.07, 6.45) is 0.942. The molecule has 1 aromatic carbocycles. The quantitative estimate of drug-likeness (QED) is 0.827. The van der Waals surface area contributed by atoms with E-state index < -0.39 is 6.17 Å². The van der Waals surface area contributed by atoms with Crippen LogP contribution in [0.2, 0.25) is 0 Å². The fourth-order valence-corrected chi connectivity index (χ4v) is 2.52. The highest BCUT2D eigenvalue weighted by Crippen LogP contribution is 2.13. The Labute approximate surface area is 119 Å². The van der Waals surface area contributed by atoms with Crippen molar-refractivity contribution >= 4 is 11.6 Å². The van der Waals surface area contributed by atoms with Gasteiger partial charge in [-0.3, -0.25) is 4.79 Å². The van der Waals surface area contributed by atoms with Crippen LogP contribution in [0.25, 0.3) is 0 Å². The number of carbonyl (C=O) groups excluding carboxylic acids is 1. The molecule has 1 fully saturated rings. The van der Waals surface area contributed by atoms with Crippen molar-refractivity contribution in [2.24, 2.45) is 0 Å². The van der Waals surface area contributed by atoms with Gasteiger partial charge >= 0.3 is 0 Å². The maximum Gasteiger partial charge on any atom is 0.251 e. The number of anilines is 1. The van der Waals surface area contributed by atoms with Crippen LogP contribution >= 0.6 is 0 Å². The van der Waals surface area contributed by atoms with Crippen molar-refractivity contribution in [2.75, 3.05) is 25.4 Å². The zero-order valence-electron chi connectivity index (χ0n) is 11.8. The van der Waals surface area contributed by atoms with Gasteiger partial charge in [0.2, 0.25) is 0 Å². The number of nitrogens with one attached hydrogen (secondary N) is 1. The Hall–Kier alpha value is -1.62. The summed E-state index contributed by atoms with van der Waals surface area (Å²) in [5, 5.41) is 3.03. The van der Waals surface area contributed by atoms with Gasteiger partial charge in [0.15, 0.2) is 0 Å². The molecular weight excluding hydrogens is 257 g/mol. The van der Waals surface area contributed by atoms with Gasteiger partial charge in [0.1, 0.15) is 6.17 Å². The maximum atomic E-state index is 12.9. The van der Waals surface area contributed by atoms with Gasteiger partial charge in [0, 0.05) is 36.9 Å². The van der Waals surface area contributed by atoms with Crippen molar-refractivity contribution in [3.8, 4) is 0 Å². The molecule has 2 rings (SSSR count). The predicted molar refractivity (Wildman–Crippen MR) is 78.4 cm³/mol. The van der Waals surface area contributed by atoms with Crippen LogP contribution in [0.5, 0.6) is 0 Å². The zero-order chi connectivity index (χ0) is 14.5. The van der Waals surface area contributed by atoms with E-state index in [1.807, 2.05) is 0 Å². The van der Waals surface area contributed by atoms with Crippen LogP contribution in [-0.4, -0.2) is 42.7 Å². The molecule has 1 saturated heterocycles. The summed E-state index contributed by atoms with van der Waals surface area (Å²) in [7, 11) is 0. The number of piperidine rings is 1. The molecule has 110 valence electrons. The maximum absolute atomic E-state index is 12.9. The highest BCUT2D eigenvalue weighted by atomic mass is 19.1. The average Bonchev–Trinajstić information content (AvgIpc) is 2.41. The van der Waals surface area contributed by atoms with Crippen LogP contribution in [-0.2, 0) is 0 Å². The largest absolute Gasteiger partial charge is 0.399 e. The number of rotatable bonds is 4. The zero-order valence-corrected chi connectivity index (χ0v) is 11.8. The summed E-state index contributed by atoms with van der Waals surface area (Å²) < 4.78 is 12.9. The molecule has 20 heavy (non-hydrogen) atoms. The van der Waals surface area contributed by atoms with E-state index >= 15 is 0 Å². The van der Waals surface area contributed by atoms with E-state index in [0.717, 1.165) is 25.9 Å². The van der Waals surface area contributed by atoms with Crippen molar-refractivity contribution in [1.29, 1.82) is 0 Å². The van der Waals surface area contributed by atoms with Gasteiger partial charge in [-0.15, -0.1) is 0 Å². The van der Waals surface area contributed by atoms with Crippen molar-refractivity contribution in [2.45, 2.75) is 32.0 Å². The van der Waals surface area contributed by atoms with Gasteiger partial charge in [-0.05, 0) is 44.0 Å². The first-order chi connectivity index (χ1) is 9.54. The third-order valence-electron chi connectivity index (χ3n) is 3.61. The first-order valence-corrected chi connectivity index (χ1v) is 7.07. The molecule has 1 aliphatic heterocycles. The summed E-state index contributed by atoms with van der Waals surface area (Å²) in [4.78, 5) is 14.2. The fraction of sp³-hybridized carbons (Fsp3) is 0.533. The predicted octanol–water partition coefficient (Wildman–Crippen LogP) is 1.82. The van der Waals surface area contributed by atoms with E-state index in [-0.39, 0.29) is 11.9 Å². The van der Waals surface area contributed by atoms with E-state index in [4.69, 9.17) is 5.73 Å². The minimum atomic E-state index is -0.795. The molecule has 0 saturated carbocycles. The van der Waals surface area contributed by atoms with Gasteiger partial charge in [-0.25, -0.2) is 4.39 Å². The Morgan fingerprint density at radius 2 is 2.00 bits per heavy atom. The minimum Gasteiger partial charge on any atom is -0.399 e. The van der Waals surface area contributed by atoms with Gasteiger partial charge in [-0.1, -0.05) is 0 Å². The van der Waals surface area contributed by atoms with Crippen molar-refractivity contribution in [1.82, 2.24) is 10.2 Å². The van der Waals surface area contributed by atoms with E-state index in [0.29, 0.717) is 17.8 Å². The number of hydrogen-bond donors (Lipinski definition) is 2. The standard InChI is InChI=1S/C15H22FN3O/c1-11(16)10-19-8-6-14(7-9-19)18-15(20)12-2-4-13(17)5-3-12/h2-5,11,14H,6-10,17H2,1H3,(H,18,20). The second-order valence-corrected chi connectivity index (χ2v) is 5.45. The molecule has 1 unspecified atom stereocenters. The third kappa shape index (κ3) is 4.20. The average molecular weight is 279 g/mol. The van der Waals surface area contributed by atoms with E-state index in [9.17, 15) is 9.18 Å². The molecule has 0 spiro atoms. The van der Waals surface area contributed by atoms with Gasteiger partial charge in [0.25, 0.3) is 5.91 Å². The Bertz CT molecular complexity index is 439. The molecular formula is C15H22FN3O. The van der Waals surface area contributed by atoms with Crippen molar-refractivity contribution in [3.05, 3.63) is 29.8 Å². The molecule has 3 N–H and O–H groups in total. The van der Waals surface area contributed by atoms with Crippen LogP contribution in [0.1, 0.15) is 30.1 Å². The molecule has 0 radical (unpaired) electrons. The lowest BCUT2D eigenvalue weighted by Crippen LogP contribution is -2.45. The molecule has 1 aromatic rings. The molecule has 5 heteroatoms. The van der Waals surface area contributed by atoms with E-state index in [2.05, 4.69) is 10.2 Å². The fourth-order valence-electron chi connectivity index (χ4n) is 2.52. The smallest absolute Gasteiger partial charge is 0.251 e. The van der Waals surface area contributed by atoms with Gasteiger partial charge < -0.3 is 16.0 Å². The second-order valence-electron chi connectivity index (χ2n) is 5.45. The van der Waals surface area contributed by atoms with Crippen LogP contribution in [0, 0.1) is 0 Å². The molecule has 1 aliphatic rings. The third-order valence-corrected chi connectivity index (χ3v) is 3.61. The Morgan fingerprint density at radius 3 is 2.55 bits per heavy atom. The first-order valence-electron chi connectivity index (χ1n) is 7.07. The number of halogens is 1. The van der Waals surface area contributed by atoms with Crippen LogP contribution < -0.4 is 11.1 Å². The number of nitrogens with two attached hydrogens (primary N) is 1. The first kappa shape index (κ1) is 14.8. The van der Waals surface area contributed by atoms with Crippen LogP contribution in [0.4, 0.5) is 10.1 Å². The van der Waals surface area contributed by atoms with Crippen LogP contribution in [0.15, 0.2) is 24.3 Å². The van der Waals surface area contributed by atoms with Crippen molar-refractivity contribution in [3.63, 3.8) is 0 Å². The normalized spacial score (nSPS) is 18.7. The summed E-state index contributed by atoms with van der Waals surface area (Å²) >= 11 is 0. The topological polar surface area (TPSA) is 58.4 Å². The Balaban J connectivity index is 1.80. The monoisotopic (exact) mass is 279 g/mol. The summed E-state index contributed by atoms with van der Waals surface area (Å²) in [6, 6.07) is 7.07. The SMILES string of the molecule is CC(F)CN1CCC(NC(=O)c2ccc(N)cc2)CC1. The highest BCUT2D eigenvalue weighted by molar-refractivity contribution is 5.94. The van der Waals surface area contributed by atoms with Gasteiger partial charge in [0.05, 0.1) is 0 Å². The molecule has 1 heterocycles. The van der Waals surface area contributed by atoms with E-state index in [1.165, 1.54) is 0 Å². The van der Waals surface area contributed by atoms with Crippen molar-refractivity contribution < 1.29 is 9.18 Å². The highest BCUT2D eigenvalue weighted by Gasteiger charge is 2.21. The minimum absolute atomic E-state index is 0.0673. The summed E-state index contributed by atoms with van der Waals surface area (Å²) in [5.74, 6) is -0.0673. The number of hydrogen-bond acceptors (Lipinski definition) is 3. The molecule has 1 atom stereocenters. The lowest BCUT2D eigenvalue weighted by atomic mass is 10.0.